The first-order chi connectivity index (χ1) is 10.3. The summed E-state index contributed by atoms with van der Waals surface area (Å²) < 4.78 is 0. The molecule has 1 unspecified atom stereocenters. The molecule has 0 aliphatic heterocycles. The zero-order chi connectivity index (χ0) is 16.3. The second kappa shape index (κ2) is 6.07. The molecular formula is C15H18N4O3. The number of hydrogen-bond acceptors (Lipinski definition) is 6. The molecule has 22 heavy (non-hydrogen) atoms. The molecule has 0 aliphatic rings. The molecule has 7 nitrogen and oxygen atoms in total. The van der Waals surface area contributed by atoms with Crippen molar-refractivity contribution in [2.24, 2.45) is 0 Å². The molecule has 0 amide bonds. The number of carboxylic acids is 1. The van der Waals surface area contributed by atoms with Crippen molar-refractivity contribution in [3.63, 3.8) is 0 Å². The average molecular weight is 302 g/mol. The summed E-state index contributed by atoms with van der Waals surface area (Å²) in [5.41, 5.74) is 0.457. The average Bonchev–Trinajstić information content (AvgIpc) is 2.49. The van der Waals surface area contributed by atoms with Crippen LogP contribution in [0.5, 0.6) is 0 Å². The Hall–Kier alpha value is -2.54. The Kier molecular flexibility index (Phi) is 4.37. The fourth-order valence-electron chi connectivity index (χ4n) is 1.76. The van der Waals surface area contributed by atoms with Gasteiger partial charge in [0.1, 0.15) is 5.82 Å². The van der Waals surface area contributed by atoms with Gasteiger partial charge >= 0.3 is 5.97 Å². The maximum absolute atomic E-state index is 11.0. The van der Waals surface area contributed by atoms with Crippen LogP contribution in [-0.4, -0.2) is 43.3 Å². The largest absolute Gasteiger partial charge is 0.479 e. The summed E-state index contributed by atoms with van der Waals surface area (Å²) in [6, 6.07) is 3.63. The Morgan fingerprint density at radius 2 is 2.09 bits per heavy atom. The van der Waals surface area contributed by atoms with Gasteiger partial charge in [0.15, 0.2) is 11.4 Å². The van der Waals surface area contributed by atoms with Crippen molar-refractivity contribution < 1.29 is 15.0 Å². The number of rotatable bonds is 5. The number of anilines is 1. The van der Waals surface area contributed by atoms with Crippen LogP contribution in [0.15, 0.2) is 24.5 Å². The molecule has 2 aromatic heterocycles. The van der Waals surface area contributed by atoms with Gasteiger partial charge in [-0.2, -0.15) is 0 Å². The lowest BCUT2D eigenvalue weighted by molar-refractivity contribution is -0.155. The zero-order valence-corrected chi connectivity index (χ0v) is 12.7. The quantitative estimate of drug-likeness (QED) is 0.766. The first-order valence-corrected chi connectivity index (χ1v) is 6.76. The van der Waals surface area contributed by atoms with Crippen molar-refractivity contribution in [2.45, 2.75) is 26.4 Å². The minimum atomic E-state index is -1.88. The van der Waals surface area contributed by atoms with Crippen molar-refractivity contribution >= 4 is 11.8 Å². The third-order valence-corrected chi connectivity index (χ3v) is 3.37. The van der Waals surface area contributed by atoms with Crippen LogP contribution in [0.25, 0.3) is 11.4 Å². The molecule has 0 spiro atoms. The minimum Gasteiger partial charge on any atom is -0.479 e. The summed E-state index contributed by atoms with van der Waals surface area (Å²) >= 11 is 0. The van der Waals surface area contributed by atoms with Crippen LogP contribution in [0.1, 0.15) is 18.2 Å². The lowest BCUT2D eigenvalue weighted by atomic mass is 10.1. The van der Waals surface area contributed by atoms with Gasteiger partial charge in [-0.15, -0.1) is 0 Å². The first-order valence-electron chi connectivity index (χ1n) is 6.76. The van der Waals surface area contributed by atoms with E-state index in [1.54, 1.807) is 18.5 Å². The van der Waals surface area contributed by atoms with E-state index in [0.29, 0.717) is 11.6 Å². The number of carboxylic acid groups (broad SMARTS) is 1. The minimum absolute atomic E-state index is 0.161. The molecule has 116 valence electrons. The predicted octanol–water partition coefficient (Wildman–Crippen LogP) is 1.40. The number of nitrogens with zero attached hydrogens (tertiary/aromatic N) is 3. The molecule has 7 heteroatoms. The molecule has 3 N–H and O–H groups in total. The Morgan fingerprint density at radius 1 is 1.36 bits per heavy atom. The van der Waals surface area contributed by atoms with Crippen LogP contribution >= 0.6 is 0 Å². The normalized spacial score (nSPS) is 13.5. The molecule has 2 heterocycles. The Balaban J connectivity index is 2.32. The number of aryl methyl sites for hydroxylation is 1. The monoisotopic (exact) mass is 302 g/mol. The van der Waals surface area contributed by atoms with E-state index in [4.69, 9.17) is 5.11 Å². The summed E-state index contributed by atoms with van der Waals surface area (Å²) in [4.78, 5) is 23.8. The first kappa shape index (κ1) is 15.8. The van der Waals surface area contributed by atoms with Crippen LogP contribution < -0.4 is 5.32 Å². The standard InChI is InChI=1S/C15H18N4O3/c1-9-10(2)18-13(11-5-4-6-16-7-11)19-12(9)17-8-15(3,22)14(20)21/h4-7,22H,8H2,1-3H3,(H,20,21)(H,17,18,19). The van der Waals surface area contributed by atoms with E-state index in [1.165, 1.54) is 6.92 Å². The molecule has 0 fully saturated rings. The van der Waals surface area contributed by atoms with Gasteiger partial charge in [-0.25, -0.2) is 14.8 Å². The highest BCUT2D eigenvalue weighted by atomic mass is 16.4. The topological polar surface area (TPSA) is 108 Å². The van der Waals surface area contributed by atoms with E-state index >= 15 is 0 Å². The highest BCUT2D eigenvalue weighted by Gasteiger charge is 2.30. The summed E-state index contributed by atoms with van der Waals surface area (Å²) in [5.74, 6) is -0.308. The number of hydrogen-bond donors (Lipinski definition) is 3. The molecule has 2 aromatic rings. The smallest absolute Gasteiger partial charge is 0.337 e. The molecule has 0 saturated heterocycles. The van der Waals surface area contributed by atoms with Gasteiger partial charge in [-0.1, -0.05) is 0 Å². The third-order valence-electron chi connectivity index (χ3n) is 3.37. The lowest BCUT2D eigenvalue weighted by Crippen LogP contribution is -2.42. The molecular weight excluding hydrogens is 284 g/mol. The van der Waals surface area contributed by atoms with Gasteiger partial charge in [-0.05, 0) is 32.9 Å². The fourth-order valence-corrected chi connectivity index (χ4v) is 1.76. The van der Waals surface area contributed by atoms with Crippen molar-refractivity contribution in [3.05, 3.63) is 35.8 Å². The molecule has 0 bridgehead atoms. The van der Waals surface area contributed by atoms with Gasteiger partial charge in [0.25, 0.3) is 0 Å². The van der Waals surface area contributed by atoms with E-state index in [-0.39, 0.29) is 6.54 Å². The number of nitrogens with one attached hydrogen (secondary N) is 1. The van der Waals surface area contributed by atoms with E-state index in [2.05, 4.69) is 20.3 Å². The van der Waals surface area contributed by atoms with Crippen molar-refractivity contribution in [3.8, 4) is 11.4 Å². The zero-order valence-electron chi connectivity index (χ0n) is 12.7. The van der Waals surface area contributed by atoms with Crippen LogP contribution in [-0.2, 0) is 4.79 Å². The molecule has 0 aromatic carbocycles. The van der Waals surface area contributed by atoms with Crippen LogP contribution in [0.4, 0.5) is 5.82 Å². The molecule has 0 aliphatic carbocycles. The van der Waals surface area contributed by atoms with Gasteiger partial charge in [0.05, 0.1) is 6.54 Å². The molecule has 1 atom stereocenters. The fraction of sp³-hybridized carbons (Fsp3) is 0.333. The number of aliphatic hydroxyl groups is 1. The maximum Gasteiger partial charge on any atom is 0.337 e. The van der Waals surface area contributed by atoms with E-state index in [1.807, 2.05) is 19.9 Å². The third kappa shape index (κ3) is 3.37. The number of carbonyl (C=O) groups is 1. The van der Waals surface area contributed by atoms with E-state index in [0.717, 1.165) is 16.8 Å². The SMILES string of the molecule is Cc1nc(-c2cccnc2)nc(NCC(C)(O)C(=O)O)c1C. The molecule has 2 rings (SSSR count). The maximum atomic E-state index is 11.0. The lowest BCUT2D eigenvalue weighted by Gasteiger charge is -2.20. The summed E-state index contributed by atoms with van der Waals surface area (Å²) in [6.07, 6.45) is 3.31. The predicted molar refractivity (Wildman–Crippen MR) is 81.5 cm³/mol. The molecule has 0 radical (unpaired) electrons. The Labute approximate surface area is 128 Å². The second-order valence-corrected chi connectivity index (χ2v) is 5.28. The van der Waals surface area contributed by atoms with E-state index in [9.17, 15) is 9.90 Å². The van der Waals surface area contributed by atoms with Crippen LogP contribution in [0.2, 0.25) is 0 Å². The van der Waals surface area contributed by atoms with Crippen molar-refractivity contribution in [2.75, 3.05) is 11.9 Å². The Morgan fingerprint density at radius 3 is 2.68 bits per heavy atom. The summed E-state index contributed by atoms with van der Waals surface area (Å²) in [5, 5.41) is 21.6. The number of pyridine rings is 1. The van der Waals surface area contributed by atoms with Gasteiger partial charge in [0.2, 0.25) is 0 Å². The van der Waals surface area contributed by atoms with Crippen molar-refractivity contribution in [1.29, 1.82) is 0 Å². The highest BCUT2D eigenvalue weighted by Crippen LogP contribution is 2.21. The second-order valence-electron chi connectivity index (χ2n) is 5.28. The van der Waals surface area contributed by atoms with Gasteiger partial charge < -0.3 is 15.5 Å². The van der Waals surface area contributed by atoms with Crippen molar-refractivity contribution in [1.82, 2.24) is 15.0 Å². The summed E-state index contributed by atoms with van der Waals surface area (Å²) in [6.45, 7) is 4.75. The van der Waals surface area contributed by atoms with Gasteiger partial charge in [-0.3, -0.25) is 4.98 Å². The number of aliphatic carboxylic acids is 1. The van der Waals surface area contributed by atoms with Gasteiger partial charge in [0, 0.05) is 29.2 Å². The molecule has 0 saturated carbocycles. The van der Waals surface area contributed by atoms with E-state index < -0.39 is 11.6 Å². The Bertz CT molecular complexity index is 687. The highest BCUT2D eigenvalue weighted by molar-refractivity contribution is 5.77. The van der Waals surface area contributed by atoms with Crippen LogP contribution in [0, 0.1) is 13.8 Å². The van der Waals surface area contributed by atoms with Crippen LogP contribution in [0.3, 0.4) is 0 Å². The summed E-state index contributed by atoms with van der Waals surface area (Å²) in [7, 11) is 0. The number of aromatic nitrogens is 3.